The van der Waals surface area contributed by atoms with Crippen molar-refractivity contribution in [3.63, 3.8) is 0 Å². The zero-order chi connectivity index (χ0) is 10.4. The van der Waals surface area contributed by atoms with Gasteiger partial charge < -0.3 is 14.1 Å². The summed E-state index contributed by atoms with van der Waals surface area (Å²) in [7, 11) is 0. The molecule has 4 heteroatoms. The number of ether oxygens (including phenoxy) is 1. The molecule has 0 saturated carbocycles. The molecule has 1 aromatic rings. The van der Waals surface area contributed by atoms with E-state index in [1.165, 1.54) is 0 Å². The number of aromatic nitrogens is 2. The van der Waals surface area contributed by atoms with E-state index in [4.69, 9.17) is 4.74 Å². The fraction of sp³-hybridized carbons (Fsp3) is 0.600. The minimum absolute atomic E-state index is 0.198. The summed E-state index contributed by atoms with van der Waals surface area (Å²) in [6.07, 6.45) is 4.92. The van der Waals surface area contributed by atoms with Crippen LogP contribution in [0.2, 0.25) is 0 Å². The first-order valence-electron chi connectivity index (χ1n) is 4.80. The first kappa shape index (κ1) is 10.9. The van der Waals surface area contributed by atoms with E-state index < -0.39 is 0 Å². The van der Waals surface area contributed by atoms with Crippen LogP contribution >= 0.6 is 0 Å². The van der Waals surface area contributed by atoms with Crippen LogP contribution in [-0.2, 0) is 22.7 Å². The number of hydrogen-bond donors (Lipinski definition) is 0. The van der Waals surface area contributed by atoms with Gasteiger partial charge in [-0.15, -0.1) is 0 Å². The van der Waals surface area contributed by atoms with Gasteiger partial charge in [-0.3, -0.25) is 0 Å². The Morgan fingerprint density at radius 2 is 2.43 bits per heavy atom. The molecule has 1 rings (SSSR count). The molecule has 78 valence electrons. The molecule has 0 atom stereocenters. The number of hydrogen-bond acceptors (Lipinski definition) is 3. The van der Waals surface area contributed by atoms with Crippen molar-refractivity contribution >= 4 is 5.78 Å². The summed E-state index contributed by atoms with van der Waals surface area (Å²) in [6, 6.07) is 0. The number of rotatable bonds is 6. The van der Waals surface area contributed by atoms with Gasteiger partial charge in [0.25, 0.3) is 0 Å². The van der Waals surface area contributed by atoms with E-state index in [2.05, 4.69) is 4.98 Å². The summed E-state index contributed by atoms with van der Waals surface area (Å²) < 4.78 is 7.09. The minimum atomic E-state index is 0.198. The van der Waals surface area contributed by atoms with Gasteiger partial charge >= 0.3 is 0 Å². The lowest BCUT2D eigenvalue weighted by atomic mass is 10.2. The van der Waals surface area contributed by atoms with Gasteiger partial charge in [0.15, 0.2) is 0 Å². The highest BCUT2D eigenvalue weighted by molar-refractivity contribution is 5.75. The molecule has 0 saturated heterocycles. The smallest absolute Gasteiger partial charge is 0.130 e. The first-order valence-corrected chi connectivity index (χ1v) is 4.80. The van der Waals surface area contributed by atoms with Gasteiger partial charge in [-0.05, 0) is 20.3 Å². The van der Waals surface area contributed by atoms with E-state index >= 15 is 0 Å². The van der Waals surface area contributed by atoms with Crippen LogP contribution in [0, 0.1) is 0 Å². The highest BCUT2D eigenvalue weighted by atomic mass is 16.5. The molecule has 0 aromatic carbocycles. The van der Waals surface area contributed by atoms with Crippen molar-refractivity contribution < 1.29 is 9.53 Å². The Balaban J connectivity index is 2.38. The summed E-state index contributed by atoms with van der Waals surface area (Å²) >= 11 is 0. The molecule has 0 aliphatic carbocycles. The van der Waals surface area contributed by atoms with Crippen LogP contribution in [0.4, 0.5) is 0 Å². The summed E-state index contributed by atoms with van der Waals surface area (Å²) in [5.41, 5.74) is 0.944. The van der Waals surface area contributed by atoms with Crippen molar-refractivity contribution in [3.05, 3.63) is 18.2 Å². The van der Waals surface area contributed by atoms with Crippen molar-refractivity contribution in [3.8, 4) is 0 Å². The van der Waals surface area contributed by atoms with Gasteiger partial charge in [-0.25, -0.2) is 4.98 Å². The monoisotopic (exact) mass is 196 g/mol. The van der Waals surface area contributed by atoms with Crippen LogP contribution in [0.3, 0.4) is 0 Å². The minimum Gasteiger partial charge on any atom is -0.361 e. The van der Waals surface area contributed by atoms with Crippen molar-refractivity contribution in [2.75, 3.05) is 6.61 Å². The van der Waals surface area contributed by atoms with Gasteiger partial charge in [0, 0.05) is 19.2 Å². The predicted molar refractivity (Wildman–Crippen MR) is 52.9 cm³/mol. The van der Waals surface area contributed by atoms with E-state index in [1.807, 2.05) is 17.7 Å². The maximum Gasteiger partial charge on any atom is 0.130 e. The zero-order valence-corrected chi connectivity index (χ0v) is 8.69. The molecule has 0 spiro atoms. The second kappa shape index (κ2) is 5.54. The molecular formula is C10H16N2O2. The Morgan fingerprint density at radius 3 is 3.07 bits per heavy atom. The SMILES string of the molecule is CCOCn1cnc(CCC(C)=O)c1. The Kier molecular flexibility index (Phi) is 4.32. The zero-order valence-electron chi connectivity index (χ0n) is 8.69. The fourth-order valence-corrected chi connectivity index (χ4v) is 1.11. The number of carbonyl (C=O) groups excluding carboxylic acids is 1. The molecule has 1 aromatic heterocycles. The Morgan fingerprint density at radius 1 is 1.64 bits per heavy atom. The number of aryl methyl sites for hydroxylation is 1. The second-order valence-corrected chi connectivity index (χ2v) is 3.20. The molecule has 14 heavy (non-hydrogen) atoms. The Labute approximate surface area is 83.9 Å². The average Bonchev–Trinajstić information content (AvgIpc) is 2.59. The van der Waals surface area contributed by atoms with E-state index in [-0.39, 0.29) is 5.78 Å². The molecule has 1 heterocycles. The number of nitrogens with zero attached hydrogens (tertiary/aromatic N) is 2. The van der Waals surface area contributed by atoms with Gasteiger partial charge in [-0.2, -0.15) is 0 Å². The van der Waals surface area contributed by atoms with Gasteiger partial charge in [-0.1, -0.05) is 0 Å². The maximum atomic E-state index is 10.7. The van der Waals surface area contributed by atoms with Crippen LogP contribution in [-0.4, -0.2) is 21.9 Å². The van der Waals surface area contributed by atoms with Crippen LogP contribution in [0.5, 0.6) is 0 Å². The summed E-state index contributed by atoms with van der Waals surface area (Å²) in [5.74, 6) is 0.198. The van der Waals surface area contributed by atoms with Gasteiger partial charge in [0.1, 0.15) is 12.5 Å². The number of imidazole rings is 1. The highest BCUT2D eigenvalue weighted by Gasteiger charge is 2.00. The van der Waals surface area contributed by atoms with Crippen LogP contribution in [0.1, 0.15) is 26.0 Å². The molecular weight excluding hydrogens is 180 g/mol. The van der Waals surface area contributed by atoms with Crippen molar-refractivity contribution in [2.45, 2.75) is 33.4 Å². The summed E-state index contributed by atoms with van der Waals surface area (Å²) in [4.78, 5) is 14.9. The van der Waals surface area contributed by atoms with Crippen LogP contribution in [0.15, 0.2) is 12.5 Å². The molecule has 0 unspecified atom stereocenters. The first-order chi connectivity index (χ1) is 6.72. The third-order valence-corrected chi connectivity index (χ3v) is 1.86. The average molecular weight is 196 g/mol. The molecule has 0 fully saturated rings. The van der Waals surface area contributed by atoms with E-state index in [9.17, 15) is 4.79 Å². The number of carbonyl (C=O) groups is 1. The normalized spacial score (nSPS) is 10.4. The second-order valence-electron chi connectivity index (χ2n) is 3.20. The number of Topliss-reactive ketones (excluding diaryl/α,β-unsaturated/α-hetero) is 1. The topological polar surface area (TPSA) is 44.1 Å². The Bertz CT molecular complexity index is 294. The quantitative estimate of drug-likeness (QED) is 0.690. The summed E-state index contributed by atoms with van der Waals surface area (Å²) in [5, 5.41) is 0. The third kappa shape index (κ3) is 3.70. The standard InChI is InChI=1S/C10H16N2O2/c1-3-14-8-12-6-10(11-7-12)5-4-9(2)13/h6-7H,3-5,8H2,1-2H3. The lowest BCUT2D eigenvalue weighted by Crippen LogP contribution is -1.99. The molecule has 4 nitrogen and oxygen atoms in total. The number of ketones is 1. The fourth-order valence-electron chi connectivity index (χ4n) is 1.11. The largest absolute Gasteiger partial charge is 0.361 e. The van der Waals surface area contributed by atoms with E-state index in [0.717, 1.165) is 5.69 Å². The van der Waals surface area contributed by atoms with Gasteiger partial charge in [0.05, 0.1) is 12.0 Å². The lowest BCUT2D eigenvalue weighted by Gasteiger charge is -1.99. The Hall–Kier alpha value is -1.16. The van der Waals surface area contributed by atoms with Crippen LogP contribution in [0.25, 0.3) is 0 Å². The van der Waals surface area contributed by atoms with Crippen molar-refractivity contribution in [1.29, 1.82) is 0 Å². The molecule has 0 amide bonds. The summed E-state index contributed by atoms with van der Waals surface area (Å²) in [6.45, 7) is 4.77. The molecule has 0 aliphatic rings. The van der Waals surface area contributed by atoms with E-state index in [0.29, 0.717) is 26.2 Å². The van der Waals surface area contributed by atoms with Crippen molar-refractivity contribution in [2.24, 2.45) is 0 Å². The molecule has 0 bridgehead atoms. The van der Waals surface area contributed by atoms with E-state index in [1.54, 1.807) is 13.3 Å². The lowest BCUT2D eigenvalue weighted by molar-refractivity contribution is -0.116. The molecule has 0 radical (unpaired) electrons. The highest BCUT2D eigenvalue weighted by Crippen LogP contribution is 2.01. The van der Waals surface area contributed by atoms with Crippen LogP contribution < -0.4 is 0 Å². The van der Waals surface area contributed by atoms with Gasteiger partial charge in [0.2, 0.25) is 0 Å². The van der Waals surface area contributed by atoms with Crippen molar-refractivity contribution in [1.82, 2.24) is 9.55 Å². The molecule has 0 N–H and O–H groups in total. The maximum absolute atomic E-state index is 10.7. The molecule has 0 aliphatic heterocycles. The third-order valence-electron chi connectivity index (χ3n) is 1.86. The predicted octanol–water partition coefficient (Wildman–Crippen LogP) is 1.40.